The minimum Gasteiger partial charge on any atom is -0.396 e. The van der Waals surface area contributed by atoms with E-state index < -0.39 is 10.8 Å². The van der Waals surface area contributed by atoms with Crippen LogP contribution in [0.5, 0.6) is 0 Å². The van der Waals surface area contributed by atoms with E-state index in [-0.39, 0.29) is 17.9 Å². The van der Waals surface area contributed by atoms with Gasteiger partial charge in [0.1, 0.15) is 17.6 Å². The molecule has 8 nitrogen and oxygen atoms in total. The van der Waals surface area contributed by atoms with Gasteiger partial charge < -0.3 is 15.3 Å². The van der Waals surface area contributed by atoms with Gasteiger partial charge in [0.05, 0.1) is 4.92 Å². The first-order valence-corrected chi connectivity index (χ1v) is 6.27. The van der Waals surface area contributed by atoms with E-state index in [2.05, 4.69) is 10.3 Å². The Labute approximate surface area is 116 Å². The number of aliphatic hydroxyl groups is 1. The van der Waals surface area contributed by atoms with Gasteiger partial charge in [-0.15, -0.1) is 0 Å². The Hall–Kier alpha value is -2.22. The number of hydrogen-bond acceptors (Lipinski definition) is 6. The third-order valence-electron chi connectivity index (χ3n) is 2.82. The SMILES string of the molecule is CCN(CCCO)C(=O)c1cc(NC)ncc1[N+](=O)[O-]. The van der Waals surface area contributed by atoms with E-state index in [0.29, 0.717) is 25.3 Å². The van der Waals surface area contributed by atoms with E-state index in [0.717, 1.165) is 6.20 Å². The van der Waals surface area contributed by atoms with Crippen LogP contribution in [-0.4, -0.2) is 52.6 Å². The second-order valence-corrected chi connectivity index (χ2v) is 4.06. The quantitative estimate of drug-likeness (QED) is 0.567. The number of rotatable bonds is 7. The molecule has 1 aromatic heterocycles. The molecule has 0 atom stereocenters. The van der Waals surface area contributed by atoms with Gasteiger partial charge in [0.25, 0.3) is 11.6 Å². The van der Waals surface area contributed by atoms with Crippen LogP contribution in [0.15, 0.2) is 12.3 Å². The number of aromatic nitrogens is 1. The van der Waals surface area contributed by atoms with Gasteiger partial charge in [0.15, 0.2) is 0 Å². The summed E-state index contributed by atoms with van der Waals surface area (Å²) in [5.41, 5.74) is -0.328. The Morgan fingerprint density at radius 3 is 2.80 bits per heavy atom. The molecule has 1 amide bonds. The zero-order valence-electron chi connectivity index (χ0n) is 11.5. The fourth-order valence-corrected chi connectivity index (χ4v) is 1.74. The molecular formula is C12H18N4O4. The molecule has 110 valence electrons. The minimum atomic E-state index is -0.625. The first-order chi connectivity index (χ1) is 9.54. The van der Waals surface area contributed by atoms with E-state index in [1.54, 1.807) is 14.0 Å². The average molecular weight is 282 g/mol. The second kappa shape index (κ2) is 7.39. The Balaban J connectivity index is 3.13. The number of carbonyl (C=O) groups excluding carboxylic acids is 1. The zero-order valence-corrected chi connectivity index (χ0v) is 11.5. The van der Waals surface area contributed by atoms with E-state index in [9.17, 15) is 14.9 Å². The molecule has 0 spiro atoms. The number of hydrogen-bond donors (Lipinski definition) is 2. The Kier molecular flexibility index (Phi) is 5.85. The highest BCUT2D eigenvalue weighted by molar-refractivity contribution is 5.98. The number of anilines is 1. The van der Waals surface area contributed by atoms with Crippen molar-refractivity contribution in [2.75, 3.05) is 32.1 Å². The highest BCUT2D eigenvalue weighted by atomic mass is 16.6. The van der Waals surface area contributed by atoms with Crippen LogP contribution in [0.2, 0.25) is 0 Å². The monoisotopic (exact) mass is 282 g/mol. The molecule has 0 aliphatic rings. The normalized spacial score (nSPS) is 10.2. The summed E-state index contributed by atoms with van der Waals surface area (Å²) in [7, 11) is 1.62. The van der Waals surface area contributed by atoms with Gasteiger partial charge >= 0.3 is 0 Å². The topological polar surface area (TPSA) is 109 Å². The maximum absolute atomic E-state index is 12.4. The molecule has 0 bridgehead atoms. The number of amides is 1. The van der Waals surface area contributed by atoms with Crippen molar-refractivity contribution in [1.82, 2.24) is 9.88 Å². The van der Waals surface area contributed by atoms with Crippen molar-refractivity contribution >= 4 is 17.4 Å². The van der Waals surface area contributed by atoms with Gasteiger partial charge in [0.2, 0.25) is 0 Å². The second-order valence-electron chi connectivity index (χ2n) is 4.06. The number of carbonyl (C=O) groups is 1. The predicted octanol–water partition coefficient (Wildman–Crippen LogP) is 0.876. The molecule has 0 fully saturated rings. The van der Waals surface area contributed by atoms with Gasteiger partial charge in [0, 0.05) is 32.8 Å². The number of nitrogens with zero attached hydrogens (tertiary/aromatic N) is 3. The largest absolute Gasteiger partial charge is 0.396 e. The van der Waals surface area contributed by atoms with Crippen LogP contribution in [0.4, 0.5) is 11.5 Å². The van der Waals surface area contributed by atoms with Gasteiger partial charge in [-0.3, -0.25) is 14.9 Å². The van der Waals surface area contributed by atoms with E-state index in [1.165, 1.54) is 11.0 Å². The highest BCUT2D eigenvalue weighted by Gasteiger charge is 2.25. The Morgan fingerprint density at radius 2 is 2.30 bits per heavy atom. The van der Waals surface area contributed by atoms with Crippen molar-refractivity contribution in [3.8, 4) is 0 Å². The van der Waals surface area contributed by atoms with Crippen LogP contribution < -0.4 is 5.32 Å². The lowest BCUT2D eigenvalue weighted by Crippen LogP contribution is -2.32. The zero-order chi connectivity index (χ0) is 15.1. The summed E-state index contributed by atoms with van der Waals surface area (Å²) >= 11 is 0. The summed E-state index contributed by atoms with van der Waals surface area (Å²) in [5, 5.41) is 22.6. The van der Waals surface area contributed by atoms with Crippen molar-refractivity contribution in [3.05, 3.63) is 27.9 Å². The first-order valence-electron chi connectivity index (χ1n) is 6.27. The summed E-state index contributed by atoms with van der Waals surface area (Å²) in [4.78, 5) is 28.0. The molecule has 1 rings (SSSR count). The molecule has 0 aliphatic carbocycles. The summed E-state index contributed by atoms with van der Waals surface area (Å²) in [6, 6.07) is 1.36. The van der Waals surface area contributed by atoms with Gasteiger partial charge in [-0.05, 0) is 13.3 Å². The van der Waals surface area contributed by atoms with Crippen molar-refractivity contribution in [2.45, 2.75) is 13.3 Å². The number of aliphatic hydroxyl groups excluding tert-OH is 1. The molecule has 0 aromatic carbocycles. The molecule has 1 heterocycles. The first kappa shape index (κ1) is 15.8. The number of nitro groups is 1. The molecule has 0 saturated heterocycles. The van der Waals surface area contributed by atoms with Crippen molar-refractivity contribution < 1.29 is 14.8 Å². The average Bonchev–Trinajstić information content (AvgIpc) is 2.46. The van der Waals surface area contributed by atoms with Crippen LogP contribution in [0.1, 0.15) is 23.7 Å². The lowest BCUT2D eigenvalue weighted by Gasteiger charge is -2.20. The molecular weight excluding hydrogens is 264 g/mol. The molecule has 0 saturated carbocycles. The molecule has 0 radical (unpaired) electrons. The van der Waals surface area contributed by atoms with Crippen LogP contribution in [0.3, 0.4) is 0 Å². The smallest absolute Gasteiger partial charge is 0.300 e. The number of pyridine rings is 1. The van der Waals surface area contributed by atoms with Crippen LogP contribution >= 0.6 is 0 Å². The fraction of sp³-hybridized carbons (Fsp3) is 0.500. The maximum atomic E-state index is 12.4. The lowest BCUT2D eigenvalue weighted by molar-refractivity contribution is -0.385. The molecule has 0 aliphatic heterocycles. The summed E-state index contributed by atoms with van der Waals surface area (Å²) in [6.45, 7) is 2.50. The lowest BCUT2D eigenvalue weighted by atomic mass is 10.2. The van der Waals surface area contributed by atoms with Gasteiger partial charge in [-0.1, -0.05) is 0 Å². The van der Waals surface area contributed by atoms with Gasteiger partial charge in [-0.25, -0.2) is 4.98 Å². The fourth-order valence-electron chi connectivity index (χ4n) is 1.74. The summed E-state index contributed by atoms with van der Waals surface area (Å²) in [6.07, 6.45) is 1.50. The van der Waals surface area contributed by atoms with Crippen molar-refractivity contribution in [3.63, 3.8) is 0 Å². The summed E-state index contributed by atoms with van der Waals surface area (Å²) < 4.78 is 0. The van der Waals surface area contributed by atoms with Crippen LogP contribution in [0.25, 0.3) is 0 Å². The standard InChI is InChI=1S/C12H18N4O4/c1-3-15(5-4-6-17)12(18)9-7-11(13-2)14-8-10(9)16(19)20/h7-8,17H,3-6H2,1-2H3,(H,13,14). The van der Waals surface area contributed by atoms with E-state index in [1.807, 2.05) is 0 Å². The predicted molar refractivity (Wildman–Crippen MR) is 73.7 cm³/mol. The molecule has 8 heteroatoms. The maximum Gasteiger partial charge on any atom is 0.300 e. The van der Waals surface area contributed by atoms with Crippen LogP contribution in [0, 0.1) is 10.1 Å². The highest BCUT2D eigenvalue weighted by Crippen LogP contribution is 2.22. The van der Waals surface area contributed by atoms with E-state index in [4.69, 9.17) is 5.11 Å². The van der Waals surface area contributed by atoms with Crippen molar-refractivity contribution in [1.29, 1.82) is 0 Å². The molecule has 20 heavy (non-hydrogen) atoms. The third-order valence-corrected chi connectivity index (χ3v) is 2.82. The summed E-state index contributed by atoms with van der Waals surface area (Å²) in [5.74, 6) is -0.0521. The Morgan fingerprint density at radius 1 is 1.60 bits per heavy atom. The third kappa shape index (κ3) is 3.64. The van der Waals surface area contributed by atoms with E-state index >= 15 is 0 Å². The molecule has 1 aromatic rings. The molecule has 2 N–H and O–H groups in total. The van der Waals surface area contributed by atoms with Crippen molar-refractivity contribution in [2.24, 2.45) is 0 Å². The Bertz CT molecular complexity index is 492. The number of nitrogens with one attached hydrogen (secondary N) is 1. The van der Waals surface area contributed by atoms with Gasteiger partial charge in [-0.2, -0.15) is 0 Å². The minimum absolute atomic E-state index is 0.00543. The molecule has 0 unspecified atom stereocenters. The van der Waals surface area contributed by atoms with Crippen LogP contribution in [-0.2, 0) is 0 Å².